The number of hydrogen-bond donors (Lipinski definition) is 1. The summed E-state index contributed by atoms with van der Waals surface area (Å²) in [6.07, 6.45) is 1.29. The number of hydrogen-bond acceptors (Lipinski definition) is 2. The lowest BCUT2D eigenvalue weighted by Gasteiger charge is -2.05. The Bertz CT molecular complexity index is 282. The third kappa shape index (κ3) is 5.37. The first kappa shape index (κ1) is 13.9. The molecule has 3 radical (unpaired) electrons. The van der Waals surface area contributed by atoms with E-state index in [4.69, 9.17) is 5.11 Å². The molecule has 0 aliphatic heterocycles. The molecule has 2 nitrogen and oxygen atoms in total. The van der Waals surface area contributed by atoms with Crippen molar-refractivity contribution in [1.29, 1.82) is 0 Å². The quantitative estimate of drug-likeness (QED) is 0.756. The highest BCUT2D eigenvalue weighted by molar-refractivity contribution is 5.75. The summed E-state index contributed by atoms with van der Waals surface area (Å²) in [7, 11) is 0. The zero-order chi connectivity index (χ0) is 10.4. The van der Waals surface area contributed by atoms with E-state index in [0.717, 1.165) is 5.56 Å². The third-order valence-electron chi connectivity index (χ3n) is 1.75. The molecule has 0 aliphatic rings. The summed E-state index contributed by atoms with van der Waals surface area (Å²) < 4.78 is 27.9. The molecule has 1 aromatic carbocycles. The lowest BCUT2D eigenvalue weighted by atomic mass is 10.1. The first-order chi connectivity index (χ1) is 6.72. The number of ether oxygens (including phenoxy) is 1. The minimum absolute atomic E-state index is 0. The molecule has 0 unspecified atom stereocenters. The van der Waals surface area contributed by atoms with Crippen LogP contribution in [0.3, 0.4) is 0 Å². The third-order valence-corrected chi connectivity index (χ3v) is 1.75. The monoisotopic (exact) mass is 213 g/mol. The molecular weight excluding hydrogens is 201 g/mol. The Morgan fingerprint density at radius 3 is 2.67 bits per heavy atom. The fraction of sp³-hybridized carbons (Fsp3) is 0.400. The number of benzene rings is 1. The fourth-order valence-electron chi connectivity index (χ4n) is 1.16. The van der Waals surface area contributed by atoms with Gasteiger partial charge in [0.05, 0.1) is 0 Å². The molecule has 0 atom stereocenters. The highest BCUT2D eigenvalue weighted by Gasteiger charge is 2.04. The van der Waals surface area contributed by atoms with Gasteiger partial charge in [0.25, 0.3) is 0 Å². The number of rotatable bonds is 5. The van der Waals surface area contributed by atoms with Crippen LogP contribution in [-0.2, 0) is 6.42 Å². The van der Waals surface area contributed by atoms with Crippen molar-refractivity contribution >= 4 is 8.41 Å². The lowest BCUT2D eigenvalue weighted by Crippen LogP contribution is -2.02. The van der Waals surface area contributed by atoms with Gasteiger partial charge in [-0.2, -0.15) is 8.78 Å². The number of aliphatic hydroxyl groups excluding tert-OH is 1. The topological polar surface area (TPSA) is 29.5 Å². The highest BCUT2D eigenvalue weighted by Crippen LogP contribution is 2.16. The fourth-order valence-corrected chi connectivity index (χ4v) is 1.16. The summed E-state index contributed by atoms with van der Waals surface area (Å²) in [4.78, 5) is 0. The van der Waals surface area contributed by atoms with Crippen molar-refractivity contribution in [3.8, 4) is 5.75 Å². The minimum Gasteiger partial charge on any atom is -0.435 e. The summed E-state index contributed by atoms with van der Waals surface area (Å²) in [5.74, 6) is 0.162. The van der Waals surface area contributed by atoms with E-state index in [9.17, 15) is 8.78 Å². The molecule has 15 heavy (non-hydrogen) atoms. The van der Waals surface area contributed by atoms with E-state index in [1.165, 1.54) is 6.07 Å². The van der Waals surface area contributed by atoms with Crippen LogP contribution in [0, 0.1) is 0 Å². The smallest absolute Gasteiger partial charge is 0.387 e. The molecule has 0 spiro atoms. The second kappa shape index (κ2) is 7.23. The molecule has 0 amide bonds. The van der Waals surface area contributed by atoms with E-state index >= 15 is 0 Å². The van der Waals surface area contributed by atoms with Crippen LogP contribution in [0.15, 0.2) is 24.3 Å². The first-order valence-corrected chi connectivity index (χ1v) is 4.37. The standard InChI is InChI=1S/C10H12F2O2.B/c11-10(12)14-9-5-1-3-8(7-9)4-2-6-13;/h1,3,5,7,10,13H,2,4,6H2;. The SMILES string of the molecule is OCCCc1cccc(OC(F)F)c1.[B]. The van der Waals surface area contributed by atoms with Crippen molar-refractivity contribution in [2.75, 3.05) is 6.61 Å². The molecule has 0 aromatic heterocycles. The van der Waals surface area contributed by atoms with Gasteiger partial charge in [-0.3, -0.25) is 0 Å². The van der Waals surface area contributed by atoms with Crippen LogP contribution >= 0.6 is 0 Å². The van der Waals surface area contributed by atoms with Gasteiger partial charge in [-0.1, -0.05) is 12.1 Å². The number of aliphatic hydroxyl groups is 1. The second-order valence-corrected chi connectivity index (χ2v) is 2.85. The van der Waals surface area contributed by atoms with Crippen LogP contribution in [0.1, 0.15) is 12.0 Å². The zero-order valence-corrected chi connectivity index (χ0v) is 8.20. The largest absolute Gasteiger partial charge is 0.435 e. The van der Waals surface area contributed by atoms with Gasteiger partial charge in [-0.25, -0.2) is 0 Å². The van der Waals surface area contributed by atoms with E-state index in [1.54, 1.807) is 12.1 Å². The Balaban J connectivity index is 0.00000196. The normalized spacial score (nSPS) is 9.87. The minimum atomic E-state index is -2.79. The van der Waals surface area contributed by atoms with Crippen LogP contribution in [-0.4, -0.2) is 26.7 Å². The Labute approximate surface area is 89.5 Å². The predicted molar refractivity (Wildman–Crippen MR) is 54.2 cm³/mol. The van der Waals surface area contributed by atoms with Crippen molar-refractivity contribution in [3.05, 3.63) is 29.8 Å². The van der Waals surface area contributed by atoms with E-state index in [2.05, 4.69) is 4.74 Å². The van der Waals surface area contributed by atoms with E-state index in [0.29, 0.717) is 12.8 Å². The summed E-state index contributed by atoms with van der Waals surface area (Å²) in [6, 6.07) is 6.51. The Morgan fingerprint density at radius 2 is 2.07 bits per heavy atom. The van der Waals surface area contributed by atoms with Gasteiger partial charge in [0, 0.05) is 15.0 Å². The predicted octanol–water partition coefficient (Wildman–Crippen LogP) is 1.83. The molecule has 0 heterocycles. The second-order valence-electron chi connectivity index (χ2n) is 2.85. The average Bonchev–Trinajstić information content (AvgIpc) is 2.14. The van der Waals surface area contributed by atoms with Crippen molar-refractivity contribution in [1.82, 2.24) is 0 Å². The Hall–Kier alpha value is -1.10. The van der Waals surface area contributed by atoms with Crippen LogP contribution in [0.25, 0.3) is 0 Å². The number of aryl methyl sites for hydroxylation is 1. The maximum atomic E-state index is 11.8. The average molecular weight is 213 g/mol. The molecule has 81 valence electrons. The summed E-state index contributed by atoms with van der Waals surface area (Å²) in [5, 5.41) is 8.59. The summed E-state index contributed by atoms with van der Waals surface area (Å²) in [6.45, 7) is -2.69. The molecule has 1 aromatic rings. The highest BCUT2D eigenvalue weighted by atomic mass is 19.3. The molecule has 0 bridgehead atoms. The molecule has 0 aliphatic carbocycles. The van der Waals surface area contributed by atoms with E-state index < -0.39 is 6.61 Å². The van der Waals surface area contributed by atoms with Gasteiger partial charge in [-0.05, 0) is 30.5 Å². The van der Waals surface area contributed by atoms with Gasteiger partial charge in [0.15, 0.2) is 0 Å². The maximum absolute atomic E-state index is 11.8. The zero-order valence-electron chi connectivity index (χ0n) is 8.20. The van der Waals surface area contributed by atoms with E-state index in [-0.39, 0.29) is 20.8 Å². The van der Waals surface area contributed by atoms with Crippen molar-refractivity contribution in [2.24, 2.45) is 0 Å². The van der Waals surface area contributed by atoms with Gasteiger partial charge in [0.2, 0.25) is 0 Å². The molecule has 1 N–H and O–H groups in total. The lowest BCUT2D eigenvalue weighted by molar-refractivity contribution is -0.0498. The van der Waals surface area contributed by atoms with Crippen molar-refractivity contribution in [2.45, 2.75) is 19.5 Å². The van der Waals surface area contributed by atoms with Gasteiger partial charge in [-0.15, -0.1) is 0 Å². The van der Waals surface area contributed by atoms with Crippen molar-refractivity contribution in [3.63, 3.8) is 0 Å². The summed E-state index contributed by atoms with van der Waals surface area (Å²) >= 11 is 0. The van der Waals surface area contributed by atoms with Gasteiger partial charge < -0.3 is 9.84 Å². The molecule has 5 heteroatoms. The van der Waals surface area contributed by atoms with Crippen LogP contribution in [0.4, 0.5) is 8.78 Å². The summed E-state index contributed by atoms with van der Waals surface area (Å²) in [5.41, 5.74) is 0.886. The molecule has 1 rings (SSSR count). The van der Waals surface area contributed by atoms with Gasteiger partial charge >= 0.3 is 6.61 Å². The van der Waals surface area contributed by atoms with Gasteiger partial charge in [0.1, 0.15) is 5.75 Å². The van der Waals surface area contributed by atoms with Crippen LogP contribution in [0.5, 0.6) is 5.75 Å². The first-order valence-electron chi connectivity index (χ1n) is 4.37. The van der Waals surface area contributed by atoms with Crippen molar-refractivity contribution < 1.29 is 18.6 Å². The molecular formula is C10H12BF2O2. The Morgan fingerprint density at radius 1 is 1.33 bits per heavy atom. The number of alkyl halides is 2. The van der Waals surface area contributed by atoms with Crippen LogP contribution < -0.4 is 4.74 Å². The number of halogens is 2. The maximum Gasteiger partial charge on any atom is 0.387 e. The Kier molecular flexibility index (Phi) is 6.70. The molecule has 0 saturated heterocycles. The molecule has 0 saturated carbocycles. The van der Waals surface area contributed by atoms with E-state index in [1.807, 2.05) is 6.07 Å². The molecule has 0 fully saturated rings. The van der Waals surface area contributed by atoms with Crippen LogP contribution in [0.2, 0.25) is 0 Å².